The van der Waals surface area contributed by atoms with Crippen molar-refractivity contribution in [3.63, 3.8) is 0 Å². The fourth-order valence-corrected chi connectivity index (χ4v) is 0.817. The Morgan fingerprint density at radius 3 is 2.58 bits per heavy atom. The van der Waals surface area contributed by atoms with Crippen molar-refractivity contribution in [3.05, 3.63) is 29.8 Å². The van der Waals surface area contributed by atoms with E-state index in [0.29, 0.717) is 6.07 Å². The first kappa shape index (κ1) is 9.35. The average molecular weight is 209 g/mol. The van der Waals surface area contributed by atoms with Gasteiger partial charge in [-0.15, -0.1) is 0 Å². The molecule has 1 rings (SSSR count). The Morgan fingerprint density at radius 2 is 2.08 bits per heavy atom. The highest BCUT2D eigenvalue weighted by Crippen LogP contribution is 2.18. The fourth-order valence-electron chi connectivity index (χ4n) is 0.644. The van der Waals surface area contributed by atoms with Crippen LogP contribution in [0.15, 0.2) is 18.2 Å². The minimum atomic E-state index is -0.835. The zero-order valence-corrected chi connectivity index (χ0v) is 7.25. The van der Waals surface area contributed by atoms with Crippen LogP contribution in [0.25, 0.3) is 0 Å². The van der Waals surface area contributed by atoms with Crippen LogP contribution in [0, 0.1) is 11.6 Å². The molecule has 0 aliphatic carbocycles. The number of halogens is 3. The van der Waals surface area contributed by atoms with Gasteiger partial charge in [0.1, 0.15) is 5.82 Å². The predicted octanol–water partition coefficient (Wildman–Crippen LogP) is 2.87. The van der Waals surface area contributed by atoms with Crippen molar-refractivity contribution in [2.24, 2.45) is 0 Å². The van der Waals surface area contributed by atoms with Crippen LogP contribution < -0.4 is 4.74 Å². The molecule has 0 bridgehead atoms. The highest BCUT2D eigenvalue weighted by molar-refractivity contribution is 7.82. The summed E-state index contributed by atoms with van der Waals surface area (Å²) in [7, 11) is 0. The summed E-state index contributed by atoms with van der Waals surface area (Å²) in [6.07, 6.45) is 0. The van der Waals surface area contributed by atoms with Gasteiger partial charge in [0.2, 0.25) is 0 Å². The monoisotopic (exact) mass is 208 g/mol. The SMILES string of the molecule is Fc1ccc(OC(=S)Cl)c(F)c1. The maximum absolute atomic E-state index is 12.7. The second kappa shape index (κ2) is 3.78. The van der Waals surface area contributed by atoms with Gasteiger partial charge >= 0.3 is 0 Å². The Bertz CT molecular complexity index is 316. The van der Waals surface area contributed by atoms with E-state index < -0.39 is 11.6 Å². The lowest BCUT2D eigenvalue weighted by Crippen LogP contribution is -1.98. The van der Waals surface area contributed by atoms with E-state index in [1.165, 1.54) is 0 Å². The molecule has 0 aliphatic rings. The molecule has 64 valence electrons. The molecule has 0 amide bonds. The molecule has 0 saturated carbocycles. The van der Waals surface area contributed by atoms with Crippen LogP contribution >= 0.6 is 23.8 Å². The first-order valence-electron chi connectivity index (χ1n) is 2.92. The number of rotatable bonds is 1. The largest absolute Gasteiger partial charge is 0.433 e. The van der Waals surface area contributed by atoms with E-state index in [1.54, 1.807) is 0 Å². The van der Waals surface area contributed by atoms with Crippen LogP contribution in [0.2, 0.25) is 0 Å². The Hall–Kier alpha value is -0.740. The van der Waals surface area contributed by atoms with E-state index >= 15 is 0 Å². The van der Waals surface area contributed by atoms with E-state index in [4.69, 9.17) is 11.6 Å². The van der Waals surface area contributed by atoms with E-state index in [2.05, 4.69) is 17.0 Å². The third-order valence-electron chi connectivity index (χ3n) is 1.08. The van der Waals surface area contributed by atoms with Gasteiger partial charge in [-0.25, -0.2) is 8.78 Å². The second-order valence-corrected chi connectivity index (χ2v) is 2.85. The molecule has 0 radical (unpaired) electrons. The van der Waals surface area contributed by atoms with Gasteiger partial charge in [0.15, 0.2) is 11.6 Å². The lowest BCUT2D eigenvalue weighted by atomic mass is 10.3. The van der Waals surface area contributed by atoms with Crippen molar-refractivity contribution in [2.45, 2.75) is 0 Å². The first-order valence-corrected chi connectivity index (χ1v) is 3.70. The first-order chi connectivity index (χ1) is 5.59. The fraction of sp³-hybridized carbons (Fsp3) is 0. The summed E-state index contributed by atoms with van der Waals surface area (Å²) >= 11 is 9.53. The average Bonchev–Trinajstić information content (AvgIpc) is 1.94. The molecule has 0 atom stereocenters. The molecule has 1 aromatic carbocycles. The Kier molecular flexibility index (Phi) is 2.94. The molecular formula is C7H3ClF2OS. The van der Waals surface area contributed by atoms with Gasteiger partial charge in [-0.3, -0.25) is 0 Å². The van der Waals surface area contributed by atoms with E-state index in [0.717, 1.165) is 12.1 Å². The molecule has 0 fully saturated rings. The van der Waals surface area contributed by atoms with E-state index in [9.17, 15) is 8.78 Å². The van der Waals surface area contributed by atoms with Crippen LogP contribution in [-0.4, -0.2) is 4.51 Å². The molecule has 1 aromatic rings. The van der Waals surface area contributed by atoms with Crippen molar-refractivity contribution in [1.29, 1.82) is 0 Å². The molecule has 0 heterocycles. The molecule has 1 nitrogen and oxygen atoms in total. The minimum Gasteiger partial charge on any atom is -0.433 e. The Balaban J connectivity index is 2.93. The van der Waals surface area contributed by atoms with Crippen molar-refractivity contribution in [1.82, 2.24) is 0 Å². The molecule has 0 spiro atoms. The molecule has 0 aromatic heterocycles. The Labute approximate surface area is 77.9 Å². The van der Waals surface area contributed by atoms with E-state index in [1.807, 2.05) is 0 Å². The molecule has 12 heavy (non-hydrogen) atoms. The summed E-state index contributed by atoms with van der Waals surface area (Å²) < 4.78 is 29.3. The summed E-state index contributed by atoms with van der Waals surface area (Å²) in [6.45, 7) is 0. The second-order valence-electron chi connectivity index (χ2n) is 1.91. The van der Waals surface area contributed by atoms with Gasteiger partial charge in [0, 0.05) is 6.07 Å². The lowest BCUT2D eigenvalue weighted by molar-refractivity contribution is 0.496. The molecule has 0 unspecified atom stereocenters. The van der Waals surface area contributed by atoms with E-state index in [-0.39, 0.29) is 10.3 Å². The van der Waals surface area contributed by atoms with Crippen LogP contribution in [-0.2, 0) is 0 Å². The van der Waals surface area contributed by atoms with Gasteiger partial charge in [-0.1, -0.05) is 0 Å². The molecule has 5 heteroatoms. The summed E-state index contributed by atoms with van der Waals surface area (Å²) in [5, 5.41) is 0. The third-order valence-corrected chi connectivity index (χ3v) is 1.24. The maximum atomic E-state index is 12.7. The summed E-state index contributed by atoms with van der Waals surface area (Å²) in [6, 6.07) is 2.84. The zero-order chi connectivity index (χ0) is 9.14. The number of hydrogen-bond donors (Lipinski definition) is 0. The zero-order valence-electron chi connectivity index (χ0n) is 5.68. The molecular weight excluding hydrogens is 206 g/mol. The topological polar surface area (TPSA) is 9.23 Å². The highest BCUT2D eigenvalue weighted by Gasteiger charge is 2.05. The summed E-state index contributed by atoms with van der Waals surface area (Å²) in [5.74, 6) is -1.70. The van der Waals surface area contributed by atoms with Crippen LogP contribution in [0.4, 0.5) is 8.78 Å². The third kappa shape index (κ3) is 2.39. The predicted molar refractivity (Wildman–Crippen MR) is 45.4 cm³/mol. The molecule has 0 saturated heterocycles. The summed E-state index contributed by atoms with van der Waals surface area (Å²) in [5.41, 5.74) is 0. The van der Waals surface area contributed by atoms with Crippen molar-refractivity contribution in [2.75, 3.05) is 0 Å². The molecule has 0 aliphatic heterocycles. The minimum absolute atomic E-state index is 0.184. The molecule has 0 N–H and O–H groups in total. The highest BCUT2D eigenvalue weighted by atomic mass is 35.5. The van der Waals surface area contributed by atoms with Gasteiger partial charge in [-0.05, 0) is 36.0 Å². The van der Waals surface area contributed by atoms with Crippen LogP contribution in [0.1, 0.15) is 0 Å². The quantitative estimate of drug-likeness (QED) is 0.519. The lowest BCUT2D eigenvalue weighted by Gasteiger charge is -2.01. The summed E-state index contributed by atoms with van der Waals surface area (Å²) in [4.78, 5) is 0. The van der Waals surface area contributed by atoms with Crippen molar-refractivity contribution >= 4 is 28.3 Å². The number of benzene rings is 1. The standard InChI is InChI=1S/C7H3ClF2OS/c8-7(12)11-6-2-1-4(9)3-5(6)10/h1-3H. The maximum Gasteiger partial charge on any atom is 0.261 e. The normalized spacial score (nSPS) is 9.58. The van der Waals surface area contributed by atoms with Gasteiger partial charge in [0.25, 0.3) is 4.51 Å². The van der Waals surface area contributed by atoms with Crippen LogP contribution in [0.5, 0.6) is 5.75 Å². The number of ether oxygens (including phenoxy) is 1. The smallest absolute Gasteiger partial charge is 0.261 e. The van der Waals surface area contributed by atoms with Gasteiger partial charge in [0.05, 0.1) is 0 Å². The van der Waals surface area contributed by atoms with Gasteiger partial charge < -0.3 is 4.74 Å². The van der Waals surface area contributed by atoms with Crippen molar-refractivity contribution in [3.8, 4) is 5.75 Å². The van der Waals surface area contributed by atoms with Crippen LogP contribution in [0.3, 0.4) is 0 Å². The number of hydrogen-bond acceptors (Lipinski definition) is 2. The number of thiocarbonyl (C=S) groups is 1. The van der Waals surface area contributed by atoms with Crippen molar-refractivity contribution < 1.29 is 13.5 Å². The Morgan fingerprint density at radius 1 is 1.42 bits per heavy atom. The van der Waals surface area contributed by atoms with Gasteiger partial charge in [-0.2, -0.15) is 0 Å².